The molecule has 0 amide bonds. The first-order valence-electron chi connectivity index (χ1n) is 13.9. The molecule has 0 radical (unpaired) electrons. The number of rotatable bonds is 14. The maximum atomic E-state index is 11.8. The van der Waals surface area contributed by atoms with Gasteiger partial charge in [-0.15, -0.1) is 0 Å². The van der Waals surface area contributed by atoms with Crippen molar-refractivity contribution in [2.75, 3.05) is 13.7 Å². The van der Waals surface area contributed by atoms with E-state index in [1.165, 1.54) is 13.8 Å². The number of piperidine rings is 1. The molecule has 2 aliphatic rings. The molecule has 0 spiro atoms. The number of carbonyl (C=O) groups excluding carboxylic acids is 2. The molecule has 204 valence electrons. The van der Waals surface area contributed by atoms with E-state index in [2.05, 4.69) is 12.2 Å². The Hall–Kier alpha value is -1.22. The average molecular weight is 500 g/mol. The molecule has 0 bridgehead atoms. The van der Waals surface area contributed by atoms with E-state index in [-0.39, 0.29) is 42.3 Å². The van der Waals surface area contributed by atoms with Crippen LogP contribution in [0.25, 0.3) is 0 Å². The number of hydrogen-bond acceptors (Lipinski definition) is 7. The summed E-state index contributed by atoms with van der Waals surface area (Å²) in [5.74, 6) is 0.543. The number of aliphatic hydroxyl groups excluding tert-OH is 1. The van der Waals surface area contributed by atoms with Gasteiger partial charge in [-0.05, 0) is 69.1 Å². The van der Waals surface area contributed by atoms with Gasteiger partial charge >= 0.3 is 11.9 Å². The maximum absolute atomic E-state index is 11.8. The summed E-state index contributed by atoms with van der Waals surface area (Å²) >= 11 is 0. The van der Waals surface area contributed by atoms with Crippen molar-refractivity contribution in [3.63, 3.8) is 0 Å². The number of carbonyl (C=O) groups is 2. The number of methoxy groups -OCH3 is 1. The molecule has 8 atom stereocenters. The minimum absolute atomic E-state index is 0.162. The summed E-state index contributed by atoms with van der Waals surface area (Å²) in [5.41, 5.74) is 6.16. The zero-order valence-corrected chi connectivity index (χ0v) is 22.5. The van der Waals surface area contributed by atoms with Crippen LogP contribution < -0.4 is 11.1 Å². The molecule has 1 saturated carbocycles. The van der Waals surface area contributed by atoms with Crippen molar-refractivity contribution < 1.29 is 34.2 Å². The third kappa shape index (κ3) is 11.1. The lowest BCUT2D eigenvalue weighted by Gasteiger charge is -2.41. The summed E-state index contributed by atoms with van der Waals surface area (Å²) in [6, 6.07) is 0. The van der Waals surface area contributed by atoms with Crippen molar-refractivity contribution in [1.82, 2.24) is 0 Å². The van der Waals surface area contributed by atoms with Crippen molar-refractivity contribution in [3.8, 4) is 0 Å². The molecule has 35 heavy (non-hydrogen) atoms. The Bertz CT molecular complexity index is 633. The van der Waals surface area contributed by atoms with E-state index < -0.39 is 6.10 Å². The summed E-state index contributed by atoms with van der Waals surface area (Å²) < 4.78 is 16.9. The van der Waals surface area contributed by atoms with Crippen LogP contribution in [0.4, 0.5) is 0 Å². The zero-order valence-electron chi connectivity index (χ0n) is 22.5. The second kappa shape index (κ2) is 15.8. The first-order chi connectivity index (χ1) is 16.7. The predicted octanol–water partition coefficient (Wildman–Crippen LogP) is 2.65. The van der Waals surface area contributed by atoms with Crippen LogP contribution in [-0.4, -0.2) is 61.3 Å². The van der Waals surface area contributed by atoms with Gasteiger partial charge in [0.2, 0.25) is 0 Å². The number of ether oxygens (including phenoxy) is 3. The topological polar surface area (TPSA) is 125 Å². The van der Waals surface area contributed by atoms with Gasteiger partial charge in [-0.2, -0.15) is 0 Å². The molecule has 8 unspecified atom stereocenters. The third-order valence-corrected chi connectivity index (χ3v) is 7.87. The lowest BCUT2D eigenvalue weighted by molar-refractivity contribution is -0.699. The van der Waals surface area contributed by atoms with Crippen LogP contribution >= 0.6 is 0 Å². The van der Waals surface area contributed by atoms with Gasteiger partial charge < -0.3 is 24.6 Å². The second-order valence-corrected chi connectivity index (χ2v) is 10.9. The molecule has 0 aromatic rings. The Morgan fingerprint density at radius 1 is 1.03 bits per heavy atom. The van der Waals surface area contributed by atoms with Crippen LogP contribution in [0.5, 0.6) is 0 Å². The Kier molecular flexibility index (Phi) is 13.5. The molecular weight excluding hydrogens is 448 g/mol. The first-order valence-corrected chi connectivity index (χ1v) is 13.9. The van der Waals surface area contributed by atoms with E-state index in [0.717, 1.165) is 77.2 Å². The quantitative estimate of drug-likeness (QED) is 0.248. The van der Waals surface area contributed by atoms with Gasteiger partial charge in [0, 0.05) is 33.8 Å². The fourth-order valence-corrected chi connectivity index (χ4v) is 6.19. The van der Waals surface area contributed by atoms with Gasteiger partial charge in [-0.1, -0.05) is 19.8 Å². The Labute approximate surface area is 212 Å². The molecule has 1 aliphatic heterocycles. The Balaban J connectivity index is 1.97. The molecule has 0 aromatic heterocycles. The van der Waals surface area contributed by atoms with E-state index in [1.54, 1.807) is 7.11 Å². The zero-order chi connectivity index (χ0) is 25.8. The van der Waals surface area contributed by atoms with E-state index in [1.807, 2.05) is 0 Å². The number of nitrogens with two attached hydrogens (primary N) is 2. The highest BCUT2D eigenvalue weighted by molar-refractivity contribution is 5.66. The normalized spacial score (nSPS) is 30.9. The summed E-state index contributed by atoms with van der Waals surface area (Å²) in [6.45, 7) is 6.07. The van der Waals surface area contributed by atoms with Crippen molar-refractivity contribution in [2.24, 2.45) is 23.5 Å². The van der Waals surface area contributed by atoms with E-state index in [4.69, 9.17) is 19.9 Å². The van der Waals surface area contributed by atoms with E-state index >= 15 is 0 Å². The maximum Gasteiger partial charge on any atom is 0.302 e. The Morgan fingerprint density at radius 3 is 2.31 bits per heavy atom. The minimum atomic E-state index is -0.449. The van der Waals surface area contributed by atoms with Crippen LogP contribution in [0.2, 0.25) is 0 Å². The summed E-state index contributed by atoms with van der Waals surface area (Å²) in [5, 5.41) is 13.2. The lowest BCUT2D eigenvalue weighted by atomic mass is 9.71. The molecule has 2 fully saturated rings. The number of unbranched alkanes of at least 4 members (excludes halogenated alkanes) is 2. The van der Waals surface area contributed by atoms with Gasteiger partial charge in [0.15, 0.2) is 0 Å². The fraction of sp³-hybridized carbons (Fsp3) is 0.926. The van der Waals surface area contributed by atoms with E-state index in [9.17, 15) is 14.7 Å². The van der Waals surface area contributed by atoms with Crippen molar-refractivity contribution in [3.05, 3.63) is 0 Å². The summed E-state index contributed by atoms with van der Waals surface area (Å²) in [7, 11) is 1.68. The highest BCUT2D eigenvalue weighted by atomic mass is 16.6. The van der Waals surface area contributed by atoms with Gasteiger partial charge in [0.25, 0.3) is 0 Å². The SMILES string of the molecule is CCCCCC(CC(CCC1CC(CC2CC[NH2+]C(N)C2)C(O)C(OC)C1)OC(C)=O)OC(C)=O. The number of aliphatic hydroxyl groups is 1. The monoisotopic (exact) mass is 499 g/mol. The van der Waals surface area contributed by atoms with Crippen LogP contribution in [0.15, 0.2) is 0 Å². The van der Waals surface area contributed by atoms with E-state index in [0.29, 0.717) is 18.3 Å². The van der Waals surface area contributed by atoms with Gasteiger partial charge in [-0.3, -0.25) is 15.3 Å². The highest BCUT2D eigenvalue weighted by Gasteiger charge is 2.39. The van der Waals surface area contributed by atoms with Gasteiger partial charge in [-0.25, -0.2) is 0 Å². The number of esters is 2. The molecule has 1 heterocycles. The minimum Gasteiger partial charge on any atom is -0.462 e. The van der Waals surface area contributed by atoms with Gasteiger partial charge in [0.05, 0.1) is 18.8 Å². The van der Waals surface area contributed by atoms with Crippen LogP contribution in [0.1, 0.15) is 97.8 Å². The predicted molar refractivity (Wildman–Crippen MR) is 134 cm³/mol. The molecule has 0 aromatic carbocycles. The van der Waals surface area contributed by atoms with Crippen LogP contribution in [0, 0.1) is 17.8 Å². The largest absolute Gasteiger partial charge is 0.462 e. The highest BCUT2D eigenvalue weighted by Crippen LogP contribution is 2.39. The summed E-state index contributed by atoms with van der Waals surface area (Å²) in [6.07, 6.45) is 10.0. The van der Waals surface area contributed by atoms with Crippen molar-refractivity contribution in [2.45, 2.75) is 128 Å². The standard InChI is InChI=1S/C27H50N2O6/c1-5-6-7-8-23(34-18(2)30)17-24(35-19(3)31)10-9-20-13-22(27(32)25(15-20)33-4)14-21-11-12-29-26(28)16-21/h20-27,29,32H,5-17,28H2,1-4H3/p+1. The molecule has 8 heteroatoms. The third-order valence-electron chi connectivity index (χ3n) is 7.87. The number of quaternary nitrogens is 1. The Morgan fingerprint density at radius 2 is 1.71 bits per heavy atom. The van der Waals surface area contributed by atoms with Crippen LogP contribution in [0.3, 0.4) is 0 Å². The molecule has 5 N–H and O–H groups in total. The lowest BCUT2D eigenvalue weighted by Crippen LogP contribution is -2.94. The first kappa shape index (κ1) is 30.0. The molecule has 8 nitrogen and oxygen atoms in total. The molecular formula is C27H51N2O6+. The summed E-state index contributed by atoms with van der Waals surface area (Å²) in [4.78, 5) is 23.5. The fourth-order valence-electron chi connectivity index (χ4n) is 6.19. The van der Waals surface area contributed by atoms with Gasteiger partial charge in [0.1, 0.15) is 18.4 Å². The second-order valence-electron chi connectivity index (χ2n) is 10.9. The van der Waals surface area contributed by atoms with Crippen molar-refractivity contribution >= 4 is 11.9 Å². The molecule has 2 rings (SSSR count). The van der Waals surface area contributed by atoms with Crippen molar-refractivity contribution in [1.29, 1.82) is 0 Å². The molecule has 1 aliphatic carbocycles. The van der Waals surface area contributed by atoms with Crippen LogP contribution in [-0.2, 0) is 23.8 Å². The average Bonchev–Trinajstić information content (AvgIpc) is 2.78. The molecule has 1 saturated heterocycles. The number of hydrogen-bond donors (Lipinski definition) is 3. The smallest absolute Gasteiger partial charge is 0.302 e.